The summed E-state index contributed by atoms with van der Waals surface area (Å²) < 4.78 is 0. The van der Waals surface area contributed by atoms with Crippen molar-refractivity contribution >= 4 is 0 Å². The second kappa shape index (κ2) is 18.6. The van der Waals surface area contributed by atoms with Crippen molar-refractivity contribution in [1.82, 2.24) is 26.6 Å². The molecule has 1 heterocycles. The molecule has 0 saturated carbocycles. The lowest BCUT2D eigenvalue weighted by molar-refractivity contribution is 0.438. The molecule has 1 aliphatic rings. The van der Waals surface area contributed by atoms with E-state index in [0.717, 1.165) is 58.9 Å². The fraction of sp³-hybridized carbons (Fsp3) is 1.00. The Balaban J connectivity index is 1.99. The zero-order chi connectivity index (χ0) is 17.8. The highest BCUT2D eigenvalue weighted by Crippen LogP contribution is 2.07. The molecule has 1 saturated heterocycles. The third-order valence-electron chi connectivity index (χ3n) is 4.91. The van der Waals surface area contributed by atoms with Gasteiger partial charge in [0, 0.05) is 45.3 Å². The Kier molecular flexibility index (Phi) is 17.0. The highest BCUT2D eigenvalue weighted by molar-refractivity contribution is 4.74. The maximum atomic E-state index is 3.68. The van der Waals surface area contributed by atoms with E-state index in [1.54, 1.807) is 0 Å². The molecule has 150 valence electrons. The average Bonchev–Trinajstić information content (AvgIpc) is 2.65. The summed E-state index contributed by atoms with van der Waals surface area (Å²) in [6.45, 7) is 12.0. The van der Waals surface area contributed by atoms with Gasteiger partial charge in [0.1, 0.15) is 0 Å². The van der Waals surface area contributed by atoms with Gasteiger partial charge in [0.2, 0.25) is 0 Å². The molecule has 1 unspecified atom stereocenters. The molecule has 0 aliphatic carbocycles. The third kappa shape index (κ3) is 15.7. The Bertz CT molecular complexity index is 248. The second-order valence-electron chi connectivity index (χ2n) is 7.39. The van der Waals surface area contributed by atoms with Crippen LogP contribution in [-0.4, -0.2) is 64.9 Å². The van der Waals surface area contributed by atoms with Crippen LogP contribution in [-0.2, 0) is 0 Å². The van der Waals surface area contributed by atoms with Gasteiger partial charge in [-0.05, 0) is 32.5 Å². The molecule has 0 aromatic rings. The summed E-state index contributed by atoms with van der Waals surface area (Å²) >= 11 is 0. The van der Waals surface area contributed by atoms with Gasteiger partial charge < -0.3 is 26.6 Å². The third-order valence-corrected chi connectivity index (χ3v) is 4.91. The van der Waals surface area contributed by atoms with Crippen LogP contribution < -0.4 is 26.6 Å². The maximum absolute atomic E-state index is 3.68. The lowest BCUT2D eigenvalue weighted by Crippen LogP contribution is -2.48. The fourth-order valence-electron chi connectivity index (χ4n) is 3.28. The van der Waals surface area contributed by atoms with Crippen molar-refractivity contribution in [2.24, 2.45) is 0 Å². The molecule has 1 fully saturated rings. The van der Waals surface area contributed by atoms with Gasteiger partial charge in [-0.1, -0.05) is 51.9 Å². The summed E-state index contributed by atoms with van der Waals surface area (Å²) in [5, 5.41) is 17.9. The monoisotopic (exact) mass is 355 g/mol. The second-order valence-corrected chi connectivity index (χ2v) is 7.39. The zero-order valence-electron chi connectivity index (χ0n) is 16.8. The van der Waals surface area contributed by atoms with E-state index < -0.39 is 0 Å². The van der Waals surface area contributed by atoms with E-state index in [1.807, 2.05) is 0 Å². The Morgan fingerprint density at radius 2 is 1.36 bits per heavy atom. The first-order valence-corrected chi connectivity index (χ1v) is 11.0. The molecule has 5 nitrogen and oxygen atoms in total. The minimum atomic E-state index is 0.525. The Hall–Kier alpha value is -0.200. The lowest BCUT2D eigenvalue weighted by Gasteiger charge is -2.20. The standard InChI is InChI=1S/C20H45N5/c1-2-3-4-5-6-7-8-9-11-23-18-20-19-24-15-14-21-12-10-13-22-16-17-25-20/h20-25H,2-19H2,1H3. The summed E-state index contributed by atoms with van der Waals surface area (Å²) in [4.78, 5) is 0. The molecule has 1 rings (SSSR count). The number of hydrogen-bond acceptors (Lipinski definition) is 5. The van der Waals surface area contributed by atoms with E-state index in [4.69, 9.17) is 0 Å². The van der Waals surface area contributed by atoms with Crippen molar-refractivity contribution in [3.8, 4) is 0 Å². The number of rotatable bonds is 11. The minimum Gasteiger partial charge on any atom is -0.315 e. The van der Waals surface area contributed by atoms with Gasteiger partial charge in [0.05, 0.1) is 0 Å². The Morgan fingerprint density at radius 3 is 2.12 bits per heavy atom. The van der Waals surface area contributed by atoms with Crippen LogP contribution in [0.15, 0.2) is 0 Å². The molecule has 5 N–H and O–H groups in total. The van der Waals surface area contributed by atoms with Crippen molar-refractivity contribution in [3.05, 3.63) is 0 Å². The molecule has 0 spiro atoms. The molecule has 5 heteroatoms. The van der Waals surface area contributed by atoms with Gasteiger partial charge in [0.15, 0.2) is 0 Å². The summed E-state index contributed by atoms with van der Waals surface area (Å²) in [6, 6.07) is 0.525. The molecule has 0 amide bonds. The first-order chi connectivity index (χ1) is 12.4. The Labute approximate surface area is 156 Å². The van der Waals surface area contributed by atoms with Gasteiger partial charge in [-0.25, -0.2) is 0 Å². The SMILES string of the molecule is CCCCCCCCCCNCC1CNCCNCCCNCCN1. The smallest absolute Gasteiger partial charge is 0.0318 e. The van der Waals surface area contributed by atoms with E-state index in [0.29, 0.717) is 6.04 Å². The van der Waals surface area contributed by atoms with Crippen molar-refractivity contribution < 1.29 is 0 Å². The highest BCUT2D eigenvalue weighted by atomic mass is 15.1. The molecule has 1 atom stereocenters. The van der Waals surface area contributed by atoms with Crippen LogP contribution in [0.5, 0.6) is 0 Å². The number of unbranched alkanes of at least 4 members (excludes halogenated alkanes) is 7. The minimum absolute atomic E-state index is 0.525. The highest BCUT2D eigenvalue weighted by Gasteiger charge is 2.07. The number of hydrogen-bond donors (Lipinski definition) is 5. The van der Waals surface area contributed by atoms with Crippen LogP contribution in [0.3, 0.4) is 0 Å². The van der Waals surface area contributed by atoms with Gasteiger partial charge in [0.25, 0.3) is 0 Å². The van der Waals surface area contributed by atoms with E-state index >= 15 is 0 Å². The summed E-state index contributed by atoms with van der Waals surface area (Å²) in [7, 11) is 0. The predicted molar refractivity (Wildman–Crippen MR) is 110 cm³/mol. The van der Waals surface area contributed by atoms with E-state index in [9.17, 15) is 0 Å². The average molecular weight is 356 g/mol. The summed E-state index contributed by atoms with van der Waals surface area (Å²) in [5.41, 5.74) is 0. The molecule has 0 bridgehead atoms. The van der Waals surface area contributed by atoms with Crippen molar-refractivity contribution in [1.29, 1.82) is 0 Å². The topological polar surface area (TPSA) is 60.1 Å². The molecule has 0 aromatic carbocycles. The molecular formula is C20H45N5. The van der Waals surface area contributed by atoms with Gasteiger partial charge >= 0.3 is 0 Å². The maximum Gasteiger partial charge on any atom is 0.0318 e. The van der Waals surface area contributed by atoms with Gasteiger partial charge in [-0.15, -0.1) is 0 Å². The van der Waals surface area contributed by atoms with Crippen LogP contribution in [0.1, 0.15) is 64.7 Å². The predicted octanol–water partition coefficient (Wildman–Crippen LogP) is 1.85. The molecule has 1 aliphatic heterocycles. The largest absolute Gasteiger partial charge is 0.315 e. The molecular weight excluding hydrogens is 310 g/mol. The van der Waals surface area contributed by atoms with Crippen LogP contribution in [0.4, 0.5) is 0 Å². The van der Waals surface area contributed by atoms with Gasteiger partial charge in [-0.2, -0.15) is 0 Å². The van der Waals surface area contributed by atoms with Crippen molar-refractivity contribution in [3.63, 3.8) is 0 Å². The first kappa shape index (κ1) is 22.8. The zero-order valence-corrected chi connectivity index (χ0v) is 16.8. The summed E-state index contributed by atoms with van der Waals surface area (Å²) in [6.07, 6.45) is 12.4. The van der Waals surface area contributed by atoms with Crippen LogP contribution >= 0.6 is 0 Å². The van der Waals surface area contributed by atoms with E-state index in [2.05, 4.69) is 33.5 Å². The van der Waals surface area contributed by atoms with Crippen LogP contribution in [0.25, 0.3) is 0 Å². The molecule has 0 aromatic heterocycles. The Morgan fingerprint density at radius 1 is 0.720 bits per heavy atom. The lowest BCUT2D eigenvalue weighted by atomic mass is 10.1. The summed E-state index contributed by atoms with van der Waals surface area (Å²) in [5.74, 6) is 0. The van der Waals surface area contributed by atoms with Gasteiger partial charge in [-0.3, -0.25) is 0 Å². The molecule has 0 radical (unpaired) electrons. The van der Waals surface area contributed by atoms with E-state index in [1.165, 1.54) is 57.8 Å². The van der Waals surface area contributed by atoms with Crippen molar-refractivity contribution in [2.75, 3.05) is 58.9 Å². The normalized spacial score (nSPS) is 21.2. The van der Waals surface area contributed by atoms with E-state index in [-0.39, 0.29) is 0 Å². The van der Waals surface area contributed by atoms with Crippen molar-refractivity contribution in [2.45, 2.75) is 70.8 Å². The number of nitrogens with one attached hydrogen (secondary N) is 5. The first-order valence-electron chi connectivity index (χ1n) is 11.0. The quantitative estimate of drug-likeness (QED) is 0.366. The molecule has 25 heavy (non-hydrogen) atoms. The fourth-order valence-corrected chi connectivity index (χ4v) is 3.28. The van der Waals surface area contributed by atoms with Crippen LogP contribution in [0.2, 0.25) is 0 Å². The van der Waals surface area contributed by atoms with Crippen LogP contribution in [0, 0.1) is 0 Å².